The first kappa shape index (κ1) is 24.8. The quantitative estimate of drug-likeness (QED) is 0.177. The lowest BCUT2D eigenvalue weighted by Gasteiger charge is -2.19. The molecule has 1 aliphatic heterocycles. The maximum atomic E-state index is 11.9. The number of phosphoric ester groups is 1. The molecule has 6 atom stereocenters. The summed E-state index contributed by atoms with van der Waals surface area (Å²) in [4.78, 5) is 60.5. The molecule has 2 heterocycles. The lowest BCUT2D eigenvalue weighted by molar-refractivity contribution is -0.0460. The molecule has 0 radical (unpaired) electrons. The van der Waals surface area contributed by atoms with E-state index in [2.05, 4.69) is 19.1 Å². The summed E-state index contributed by atoms with van der Waals surface area (Å²) in [5.41, 5.74) is -1.63. The molecule has 2 unspecified atom stereocenters. The van der Waals surface area contributed by atoms with E-state index in [0.717, 1.165) is 16.8 Å². The van der Waals surface area contributed by atoms with Crippen molar-refractivity contribution in [2.24, 2.45) is 5.92 Å². The molecule has 6 N–H and O–H groups in total. The van der Waals surface area contributed by atoms with E-state index in [4.69, 9.17) is 25.8 Å². The fourth-order valence-corrected chi connectivity index (χ4v) is 5.43. The largest absolute Gasteiger partial charge is 0.490 e. The SMILES string of the molecule is C#C[C@H]1[C@H](O)[C@@H](COP(=O)(O)OP(=O)(O)OP(=O)(O)O)O[C@H]1n1ccc(=O)[nH]c1=O. The van der Waals surface area contributed by atoms with Crippen LogP contribution in [0.4, 0.5) is 0 Å². The second-order valence-electron chi connectivity index (χ2n) is 5.65. The molecule has 168 valence electrons. The molecule has 0 aromatic carbocycles. The fraction of sp³-hybridized carbons (Fsp3) is 0.455. The van der Waals surface area contributed by atoms with Gasteiger partial charge in [-0.05, 0) is 0 Å². The highest BCUT2D eigenvalue weighted by Gasteiger charge is 2.46. The zero-order chi connectivity index (χ0) is 22.9. The molecule has 1 aromatic heterocycles. The summed E-state index contributed by atoms with van der Waals surface area (Å²) in [5.74, 6) is 0.981. The Balaban J connectivity index is 2.12. The Morgan fingerprint density at radius 3 is 2.33 bits per heavy atom. The van der Waals surface area contributed by atoms with Gasteiger partial charge in [-0.1, -0.05) is 5.92 Å². The van der Waals surface area contributed by atoms with Gasteiger partial charge in [-0.25, -0.2) is 18.5 Å². The molecular formula is C11H15N2O14P3. The number of aliphatic hydroxyl groups excluding tert-OH is 1. The number of aliphatic hydroxyl groups is 1. The number of phosphoric acid groups is 3. The van der Waals surface area contributed by atoms with Crippen LogP contribution < -0.4 is 11.2 Å². The van der Waals surface area contributed by atoms with E-state index >= 15 is 0 Å². The standard InChI is InChI=1S/C11H15N2O14P3/c1-2-6-9(15)7(25-10(6)13-4-3-8(14)12-11(13)16)5-24-29(20,21)27-30(22,23)26-28(17,18)19/h1,3-4,6-7,9-10,15H,5H2,(H,20,21)(H,22,23)(H,12,14,16)(H2,17,18,19)/t6-,7+,9-,10+/m0/s1. The molecule has 1 aliphatic rings. The average Bonchev–Trinajstić information content (AvgIpc) is 2.85. The number of hydrogen-bond donors (Lipinski definition) is 6. The Labute approximate surface area is 166 Å². The van der Waals surface area contributed by atoms with Crippen LogP contribution in [0.1, 0.15) is 6.23 Å². The summed E-state index contributed by atoms with van der Waals surface area (Å²) in [7, 11) is -16.7. The van der Waals surface area contributed by atoms with Crippen molar-refractivity contribution < 1.29 is 56.3 Å². The normalized spacial score (nSPS) is 28.4. The first-order chi connectivity index (χ1) is 13.6. The van der Waals surface area contributed by atoms with Crippen LogP contribution in [0.25, 0.3) is 0 Å². The van der Waals surface area contributed by atoms with Crippen molar-refractivity contribution in [2.45, 2.75) is 18.4 Å². The Kier molecular flexibility index (Phi) is 7.43. The van der Waals surface area contributed by atoms with Crippen molar-refractivity contribution in [1.29, 1.82) is 0 Å². The highest BCUT2D eigenvalue weighted by molar-refractivity contribution is 7.66. The number of aromatic amines is 1. The predicted octanol–water partition coefficient (Wildman–Crippen LogP) is -1.61. The zero-order valence-electron chi connectivity index (χ0n) is 14.4. The molecule has 0 spiro atoms. The lowest BCUT2D eigenvalue weighted by atomic mass is 10.0. The topological polar surface area (TPSA) is 244 Å². The Morgan fingerprint density at radius 1 is 1.17 bits per heavy atom. The van der Waals surface area contributed by atoms with Gasteiger partial charge in [-0.2, -0.15) is 8.62 Å². The zero-order valence-corrected chi connectivity index (χ0v) is 17.1. The summed E-state index contributed by atoms with van der Waals surface area (Å²) in [6, 6.07) is 0.976. The summed E-state index contributed by atoms with van der Waals surface area (Å²) >= 11 is 0. The number of nitrogens with zero attached hydrogens (tertiary/aromatic N) is 1. The minimum atomic E-state index is -5.72. The summed E-state index contributed by atoms with van der Waals surface area (Å²) in [6.45, 7) is -0.975. The fourth-order valence-electron chi connectivity index (χ4n) is 2.40. The monoisotopic (exact) mass is 492 g/mol. The van der Waals surface area contributed by atoms with E-state index in [9.17, 15) is 33.3 Å². The van der Waals surface area contributed by atoms with Crippen LogP contribution >= 0.6 is 23.5 Å². The van der Waals surface area contributed by atoms with Gasteiger partial charge in [0.2, 0.25) is 0 Å². The summed E-state index contributed by atoms with van der Waals surface area (Å²) in [5, 5.41) is 10.2. The van der Waals surface area contributed by atoms with Gasteiger partial charge in [-0.3, -0.25) is 18.9 Å². The number of H-pyrrole nitrogens is 1. The molecule has 16 nitrogen and oxygen atoms in total. The van der Waals surface area contributed by atoms with E-state index in [1.807, 2.05) is 4.98 Å². The maximum absolute atomic E-state index is 11.9. The van der Waals surface area contributed by atoms with Crippen molar-refractivity contribution >= 4 is 23.5 Å². The Morgan fingerprint density at radius 2 is 1.80 bits per heavy atom. The molecule has 0 aliphatic carbocycles. The van der Waals surface area contributed by atoms with Crippen molar-refractivity contribution in [3.05, 3.63) is 33.1 Å². The Bertz CT molecular complexity index is 1080. The molecule has 19 heteroatoms. The molecule has 0 saturated carbocycles. The highest BCUT2D eigenvalue weighted by Crippen LogP contribution is 2.66. The van der Waals surface area contributed by atoms with Gasteiger partial charge in [0.05, 0.1) is 12.5 Å². The molecule has 0 bridgehead atoms. The molecule has 30 heavy (non-hydrogen) atoms. The van der Waals surface area contributed by atoms with Crippen molar-refractivity contribution in [3.8, 4) is 12.3 Å². The first-order valence-corrected chi connectivity index (χ1v) is 12.1. The van der Waals surface area contributed by atoms with Gasteiger partial charge in [0, 0.05) is 12.3 Å². The minimum absolute atomic E-state index is 0.712. The molecule has 1 fully saturated rings. The van der Waals surface area contributed by atoms with Gasteiger partial charge in [0.1, 0.15) is 12.2 Å². The second-order valence-corrected chi connectivity index (χ2v) is 10.1. The van der Waals surface area contributed by atoms with Crippen LogP contribution in [0.5, 0.6) is 0 Å². The second kappa shape index (κ2) is 8.97. The average molecular weight is 492 g/mol. The van der Waals surface area contributed by atoms with Crippen molar-refractivity contribution in [2.75, 3.05) is 6.61 Å². The third-order valence-corrected chi connectivity index (χ3v) is 7.31. The van der Waals surface area contributed by atoms with Gasteiger partial charge in [0.15, 0.2) is 6.23 Å². The van der Waals surface area contributed by atoms with Gasteiger partial charge < -0.3 is 29.4 Å². The summed E-state index contributed by atoms with van der Waals surface area (Å²) in [6.07, 6.45) is 2.01. The third kappa shape index (κ3) is 6.53. The van der Waals surface area contributed by atoms with Crippen LogP contribution in [0.2, 0.25) is 0 Å². The van der Waals surface area contributed by atoms with Gasteiger partial charge >= 0.3 is 29.2 Å². The molecule has 1 aromatic rings. The number of terminal acetylenes is 1. The van der Waals surface area contributed by atoms with E-state index in [1.165, 1.54) is 0 Å². The molecular weight excluding hydrogens is 477 g/mol. The van der Waals surface area contributed by atoms with E-state index in [0.29, 0.717) is 0 Å². The van der Waals surface area contributed by atoms with Gasteiger partial charge in [-0.15, -0.1) is 6.42 Å². The first-order valence-electron chi connectivity index (χ1n) is 7.53. The predicted molar refractivity (Wildman–Crippen MR) is 93.4 cm³/mol. The number of aromatic nitrogens is 2. The number of rotatable bonds is 8. The van der Waals surface area contributed by atoms with E-state index in [1.54, 1.807) is 0 Å². The van der Waals surface area contributed by atoms with Crippen molar-refractivity contribution in [3.63, 3.8) is 0 Å². The van der Waals surface area contributed by atoms with E-state index in [-0.39, 0.29) is 0 Å². The molecule has 1 saturated heterocycles. The number of nitrogens with one attached hydrogen (secondary N) is 1. The van der Waals surface area contributed by atoms with Crippen LogP contribution in [0.3, 0.4) is 0 Å². The van der Waals surface area contributed by atoms with Crippen LogP contribution in [-0.2, 0) is 31.6 Å². The van der Waals surface area contributed by atoms with Crippen LogP contribution in [0.15, 0.2) is 21.9 Å². The number of hydrogen-bond acceptors (Lipinski definition) is 10. The van der Waals surface area contributed by atoms with Crippen molar-refractivity contribution in [1.82, 2.24) is 9.55 Å². The smallest absolute Gasteiger partial charge is 0.389 e. The molecule has 2 rings (SSSR count). The summed E-state index contributed by atoms with van der Waals surface area (Å²) < 4.78 is 51.3. The Hall–Kier alpha value is -1.43. The van der Waals surface area contributed by atoms with Crippen LogP contribution in [0, 0.1) is 18.3 Å². The van der Waals surface area contributed by atoms with Crippen LogP contribution in [-0.4, -0.2) is 53.0 Å². The minimum Gasteiger partial charge on any atom is -0.389 e. The van der Waals surface area contributed by atoms with Gasteiger partial charge in [0.25, 0.3) is 5.56 Å². The highest BCUT2D eigenvalue weighted by atomic mass is 31.3. The molecule has 0 amide bonds. The lowest BCUT2D eigenvalue weighted by Crippen LogP contribution is -2.34. The number of ether oxygens (including phenoxy) is 1. The third-order valence-electron chi connectivity index (χ3n) is 3.51. The maximum Gasteiger partial charge on any atom is 0.490 e. The van der Waals surface area contributed by atoms with E-state index < -0.39 is 65.7 Å².